The van der Waals surface area contributed by atoms with Crippen molar-refractivity contribution in [2.45, 2.75) is 4.90 Å². The van der Waals surface area contributed by atoms with Gasteiger partial charge in [-0.3, -0.25) is 0 Å². The van der Waals surface area contributed by atoms with E-state index >= 15 is 0 Å². The van der Waals surface area contributed by atoms with Crippen LogP contribution >= 0.6 is 0 Å². The van der Waals surface area contributed by atoms with Gasteiger partial charge in [0.25, 0.3) is 0 Å². The Morgan fingerprint density at radius 1 is 0.818 bits per heavy atom. The van der Waals surface area contributed by atoms with Crippen LogP contribution in [-0.2, 0) is 10.0 Å². The number of benzene rings is 2. The SMILES string of the molecule is C=CCN(CC=C)S(=O)(=O)c1ccc(-c2ccccc2)cc1. The van der Waals surface area contributed by atoms with E-state index in [2.05, 4.69) is 13.2 Å². The molecule has 0 aliphatic heterocycles. The van der Waals surface area contributed by atoms with Gasteiger partial charge in [-0.05, 0) is 23.3 Å². The Kier molecular flexibility index (Phi) is 5.31. The monoisotopic (exact) mass is 313 g/mol. The largest absolute Gasteiger partial charge is 0.243 e. The molecule has 0 saturated carbocycles. The number of sulfonamides is 1. The van der Waals surface area contributed by atoms with Crippen molar-refractivity contribution < 1.29 is 8.42 Å². The van der Waals surface area contributed by atoms with Gasteiger partial charge < -0.3 is 0 Å². The van der Waals surface area contributed by atoms with Crippen molar-refractivity contribution in [2.75, 3.05) is 13.1 Å². The van der Waals surface area contributed by atoms with E-state index in [0.29, 0.717) is 0 Å². The Morgan fingerprint density at radius 2 is 1.32 bits per heavy atom. The second-order valence-corrected chi connectivity index (χ2v) is 6.73. The van der Waals surface area contributed by atoms with Crippen LogP contribution in [0.15, 0.2) is 84.8 Å². The molecule has 0 aliphatic rings. The highest BCUT2D eigenvalue weighted by molar-refractivity contribution is 7.89. The Labute approximate surface area is 132 Å². The van der Waals surface area contributed by atoms with Gasteiger partial charge in [0.15, 0.2) is 0 Å². The fraction of sp³-hybridized carbons (Fsp3) is 0.111. The Morgan fingerprint density at radius 3 is 1.82 bits per heavy atom. The van der Waals surface area contributed by atoms with Crippen LogP contribution in [0.3, 0.4) is 0 Å². The van der Waals surface area contributed by atoms with E-state index in [1.807, 2.05) is 42.5 Å². The molecule has 0 aliphatic carbocycles. The van der Waals surface area contributed by atoms with E-state index in [-0.39, 0.29) is 18.0 Å². The molecule has 0 unspecified atom stereocenters. The van der Waals surface area contributed by atoms with Crippen LogP contribution in [0, 0.1) is 0 Å². The highest BCUT2D eigenvalue weighted by Gasteiger charge is 2.22. The summed E-state index contributed by atoms with van der Waals surface area (Å²) in [6, 6.07) is 16.8. The molecule has 22 heavy (non-hydrogen) atoms. The zero-order valence-corrected chi connectivity index (χ0v) is 13.2. The third-order valence-corrected chi connectivity index (χ3v) is 5.11. The summed E-state index contributed by atoms with van der Waals surface area (Å²) in [6.07, 6.45) is 3.14. The average Bonchev–Trinajstić information content (AvgIpc) is 2.55. The van der Waals surface area contributed by atoms with Gasteiger partial charge in [0, 0.05) is 13.1 Å². The van der Waals surface area contributed by atoms with E-state index in [0.717, 1.165) is 11.1 Å². The molecule has 114 valence electrons. The Hall–Kier alpha value is -2.17. The van der Waals surface area contributed by atoms with Crippen LogP contribution in [0.4, 0.5) is 0 Å². The molecule has 0 aromatic heterocycles. The van der Waals surface area contributed by atoms with Gasteiger partial charge in [-0.25, -0.2) is 8.42 Å². The molecule has 2 aromatic carbocycles. The molecular formula is C18H19NO2S. The maximum atomic E-state index is 12.6. The third kappa shape index (κ3) is 3.53. The van der Waals surface area contributed by atoms with Crippen molar-refractivity contribution in [3.63, 3.8) is 0 Å². The molecule has 0 atom stereocenters. The minimum atomic E-state index is -3.53. The summed E-state index contributed by atoms with van der Waals surface area (Å²) in [7, 11) is -3.53. The number of rotatable bonds is 7. The summed E-state index contributed by atoms with van der Waals surface area (Å²) in [6.45, 7) is 7.72. The molecular weight excluding hydrogens is 294 g/mol. The van der Waals surface area contributed by atoms with E-state index in [9.17, 15) is 8.42 Å². The van der Waals surface area contributed by atoms with Gasteiger partial charge >= 0.3 is 0 Å². The summed E-state index contributed by atoms with van der Waals surface area (Å²) >= 11 is 0. The van der Waals surface area contributed by atoms with Crippen LogP contribution in [0.25, 0.3) is 11.1 Å². The molecule has 0 fully saturated rings. The normalized spacial score (nSPS) is 11.3. The second-order valence-electron chi connectivity index (χ2n) is 4.79. The first-order valence-electron chi connectivity index (χ1n) is 6.97. The molecule has 2 aromatic rings. The quantitative estimate of drug-likeness (QED) is 0.731. The first-order valence-corrected chi connectivity index (χ1v) is 8.41. The van der Waals surface area contributed by atoms with Crippen molar-refractivity contribution in [3.05, 3.63) is 79.9 Å². The fourth-order valence-electron chi connectivity index (χ4n) is 2.16. The molecule has 2 rings (SSSR count). The first-order chi connectivity index (χ1) is 10.6. The van der Waals surface area contributed by atoms with Crippen molar-refractivity contribution in [1.29, 1.82) is 0 Å². The lowest BCUT2D eigenvalue weighted by molar-refractivity contribution is 0.474. The molecule has 0 spiro atoms. The Bertz CT molecular complexity index is 724. The van der Waals surface area contributed by atoms with Gasteiger partial charge in [0.05, 0.1) is 4.90 Å². The zero-order valence-electron chi connectivity index (χ0n) is 12.4. The Balaban J connectivity index is 2.32. The minimum absolute atomic E-state index is 0.259. The predicted octanol–water partition coefficient (Wildman–Crippen LogP) is 3.72. The van der Waals surface area contributed by atoms with Gasteiger partial charge in [-0.15, -0.1) is 13.2 Å². The maximum absolute atomic E-state index is 12.6. The highest BCUT2D eigenvalue weighted by Crippen LogP contribution is 2.22. The van der Waals surface area contributed by atoms with Crippen LogP contribution in [0.2, 0.25) is 0 Å². The van der Waals surface area contributed by atoms with E-state index in [1.165, 1.54) is 4.31 Å². The van der Waals surface area contributed by atoms with Crippen molar-refractivity contribution in [1.82, 2.24) is 4.31 Å². The third-order valence-electron chi connectivity index (χ3n) is 3.26. The molecule has 0 radical (unpaired) electrons. The van der Waals surface area contributed by atoms with Gasteiger partial charge in [0.2, 0.25) is 10.0 Å². The summed E-state index contributed by atoms with van der Waals surface area (Å²) in [5.74, 6) is 0. The predicted molar refractivity (Wildman–Crippen MR) is 91.0 cm³/mol. The van der Waals surface area contributed by atoms with E-state index in [1.54, 1.807) is 24.3 Å². The van der Waals surface area contributed by atoms with Crippen LogP contribution < -0.4 is 0 Å². The number of hydrogen-bond donors (Lipinski definition) is 0. The number of hydrogen-bond acceptors (Lipinski definition) is 2. The first kappa shape index (κ1) is 16.2. The average molecular weight is 313 g/mol. The minimum Gasteiger partial charge on any atom is -0.207 e. The second kappa shape index (κ2) is 7.20. The van der Waals surface area contributed by atoms with Crippen molar-refractivity contribution in [2.24, 2.45) is 0 Å². The lowest BCUT2D eigenvalue weighted by atomic mass is 10.1. The van der Waals surface area contributed by atoms with E-state index in [4.69, 9.17) is 0 Å². The molecule has 0 amide bonds. The van der Waals surface area contributed by atoms with Gasteiger partial charge in [-0.2, -0.15) is 4.31 Å². The molecule has 0 bridgehead atoms. The van der Waals surface area contributed by atoms with E-state index < -0.39 is 10.0 Å². The topological polar surface area (TPSA) is 37.4 Å². The highest BCUT2D eigenvalue weighted by atomic mass is 32.2. The molecule has 0 saturated heterocycles. The van der Waals surface area contributed by atoms with Crippen LogP contribution in [0.1, 0.15) is 0 Å². The lowest BCUT2D eigenvalue weighted by Crippen LogP contribution is -2.31. The lowest BCUT2D eigenvalue weighted by Gasteiger charge is -2.19. The summed E-state index contributed by atoms with van der Waals surface area (Å²) < 4.78 is 26.5. The van der Waals surface area contributed by atoms with Gasteiger partial charge in [-0.1, -0.05) is 54.6 Å². The maximum Gasteiger partial charge on any atom is 0.243 e. The van der Waals surface area contributed by atoms with Crippen LogP contribution in [0.5, 0.6) is 0 Å². The standard InChI is InChI=1S/C18H19NO2S/c1-3-14-19(15-4-2)22(20,21)18-12-10-17(11-13-18)16-8-6-5-7-9-16/h3-13H,1-2,14-15H2. The van der Waals surface area contributed by atoms with Crippen molar-refractivity contribution >= 4 is 10.0 Å². The smallest absolute Gasteiger partial charge is 0.207 e. The summed E-state index contributed by atoms with van der Waals surface area (Å²) in [5.41, 5.74) is 2.04. The summed E-state index contributed by atoms with van der Waals surface area (Å²) in [5, 5.41) is 0. The van der Waals surface area contributed by atoms with Gasteiger partial charge in [0.1, 0.15) is 0 Å². The number of nitrogens with zero attached hydrogens (tertiary/aromatic N) is 1. The van der Waals surface area contributed by atoms with Crippen LogP contribution in [-0.4, -0.2) is 25.8 Å². The zero-order chi connectivity index (χ0) is 16.0. The van der Waals surface area contributed by atoms with Crippen molar-refractivity contribution in [3.8, 4) is 11.1 Å². The molecule has 3 nitrogen and oxygen atoms in total. The summed E-state index contributed by atoms with van der Waals surface area (Å²) in [4.78, 5) is 0.274. The molecule has 4 heteroatoms. The molecule has 0 N–H and O–H groups in total. The molecule has 0 heterocycles. The fourth-order valence-corrected chi connectivity index (χ4v) is 3.54.